The van der Waals surface area contributed by atoms with Crippen molar-refractivity contribution in [1.29, 1.82) is 0 Å². The summed E-state index contributed by atoms with van der Waals surface area (Å²) in [5, 5.41) is 0. The summed E-state index contributed by atoms with van der Waals surface area (Å²) in [6, 6.07) is 22.3. The zero-order valence-electron chi connectivity index (χ0n) is 29.9. The second-order valence-corrected chi connectivity index (χ2v) is 15.9. The summed E-state index contributed by atoms with van der Waals surface area (Å²) in [5.74, 6) is -3.32. The number of hydrogen-bond acceptors (Lipinski definition) is 13. The van der Waals surface area contributed by atoms with Crippen LogP contribution in [0.15, 0.2) is 98.0 Å². The summed E-state index contributed by atoms with van der Waals surface area (Å²) in [6.45, 7) is 5.82. The maximum absolute atomic E-state index is 14.8. The van der Waals surface area contributed by atoms with Crippen LogP contribution < -0.4 is 9.64 Å². The molecule has 0 N–H and O–H groups in total. The molecule has 3 aromatic rings. The summed E-state index contributed by atoms with van der Waals surface area (Å²) in [7, 11) is 4.69. The number of rotatable bonds is 8. The minimum Gasteiger partial charge on any atom is -0.494 e. The molecule has 0 saturated heterocycles. The molecule has 1 amide bonds. The molecule has 0 bridgehead atoms. The van der Waals surface area contributed by atoms with E-state index in [1.54, 1.807) is 35.2 Å². The summed E-state index contributed by atoms with van der Waals surface area (Å²) >= 11 is 2.69. The molecule has 0 radical (unpaired) electrons. The van der Waals surface area contributed by atoms with Crippen molar-refractivity contribution in [2.24, 2.45) is 0 Å². The number of fused-ring (bicyclic) bond motifs is 3. The third kappa shape index (κ3) is 6.32. The predicted molar refractivity (Wildman–Crippen MR) is 205 cm³/mol. The fraction of sp³-hybridized carbons (Fsp3) is 0.256. The van der Waals surface area contributed by atoms with Crippen LogP contribution in [0, 0.1) is 0 Å². The van der Waals surface area contributed by atoms with E-state index in [0.29, 0.717) is 39.6 Å². The quantitative estimate of drug-likeness (QED) is 0.172. The number of ether oxygens (including phenoxy) is 5. The Bertz CT molecular complexity index is 2110. The van der Waals surface area contributed by atoms with E-state index in [2.05, 4.69) is 0 Å². The van der Waals surface area contributed by atoms with Crippen LogP contribution in [0.25, 0.3) is 16.7 Å². The highest BCUT2D eigenvalue weighted by Crippen LogP contribution is 2.71. The molecule has 6 rings (SSSR count). The van der Waals surface area contributed by atoms with Gasteiger partial charge in [-0.3, -0.25) is 9.69 Å². The highest BCUT2D eigenvalue weighted by molar-refractivity contribution is 8.26. The third-order valence-electron chi connectivity index (χ3n) is 8.86. The van der Waals surface area contributed by atoms with Crippen molar-refractivity contribution in [3.63, 3.8) is 0 Å². The molecule has 3 heterocycles. The topological polar surface area (TPSA) is 135 Å². The molecule has 0 aromatic heterocycles. The number of carbonyl (C=O) groups excluding carboxylic acids is 5. The maximum Gasteiger partial charge on any atom is 0.345 e. The van der Waals surface area contributed by atoms with Gasteiger partial charge in [0.1, 0.15) is 24.5 Å². The van der Waals surface area contributed by atoms with Crippen LogP contribution in [0.3, 0.4) is 0 Å². The van der Waals surface area contributed by atoms with Gasteiger partial charge in [0.05, 0.1) is 51.8 Å². The van der Waals surface area contributed by atoms with Gasteiger partial charge in [-0.15, -0.1) is 0 Å². The lowest BCUT2D eigenvalue weighted by Crippen LogP contribution is -2.53. The van der Waals surface area contributed by atoms with Crippen molar-refractivity contribution >= 4 is 76.3 Å². The summed E-state index contributed by atoms with van der Waals surface area (Å²) in [5.41, 5.74) is 2.36. The zero-order valence-corrected chi connectivity index (χ0v) is 32.3. The largest absolute Gasteiger partial charge is 0.494 e. The minimum absolute atomic E-state index is 0.133. The highest BCUT2D eigenvalue weighted by atomic mass is 32.2. The molecule has 3 aromatic carbocycles. The van der Waals surface area contributed by atoms with E-state index in [1.807, 2.05) is 63.2 Å². The van der Waals surface area contributed by atoms with Gasteiger partial charge in [-0.05, 0) is 62.2 Å². The number of carbonyl (C=O) groups is 5. The van der Waals surface area contributed by atoms with Crippen LogP contribution >= 0.6 is 35.3 Å². The Balaban J connectivity index is 1.63. The van der Waals surface area contributed by atoms with Crippen LogP contribution in [-0.4, -0.2) is 74.4 Å². The van der Waals surface area contributed by atoms with E-state index in [4.69, 9.17) is 23.7 Å². The minimum atomic E-state index is -1.71. The van der Waals surface area contributed by atoms with Gasteiger partial charge in [0.25, 0.3) is 5.91 Å². The fourth-order valence-electron chi connectivity index (χ4n) is 6.48. The smallest absolute Gasteiger partial charge is 0.345 e. The lowest BCUT2D eigenvalue weighted by Gasteiger charge is -2.50. The van der Waals surface area contributed by atoms with Crippen molar-refractivity contribution in [2.45, 2.75) is 30.4 Å². The zero-order chi connectivity index (χ0) is 38.2. The summed E-state index contributed by atoms with van der Waals surface area (Å²) in [6.07, 6.45) is 0. The fourth-order valence-corrected chi connectivity index (χ4v) is 11.5. The van der Waals surface area contributed by atoms with E-state index in [-0.39, 0.29) is 26.2 Å². The maximum atomic E-state index is 14.8. The van der Waals surface area contributed by atoms with Crippen LogP contribution in [0.4, 0.5) is 5.69 Å². The lowest BCUT2D eigenvalue weighted by molar-refractivity contribution is -0.138. The Morgan fingerprint density at radius 2 is 1.23 bits per heavy atom. The van der Waals surface area contributed by atoms with E-state index in [9.17, 15) is 24.0 Å². The number of hydrogen-bond donors (Lipinski definition) is 0. The second-order valence-electron chi connectivity index (χ2n) is 12.2. The van der Waals surface area contributed by atoms with E-state index in [1.165, 1.54) is 28.4 Å². The number of anilines is 1. The molecule has 0 fully saturated rings. The number of esters is 4. The van der Waals surface area contributed by atoms with Crippen molar-refractivity contribution in [3.05, 3.63) is 109 Å². The molecule has 11 nitrogen and oxygen atoms in total. The van der Waals surface area contributed by atoms with Gasteiger partial charge in [0, 0.05) is 21.6 Å². The molecule has 3 aliphatic rings. The van der Waals surface area contributed by atoms with Crippen LogP contribution in [0.2, 0.25) is 0 Å². The van der Waals surface area contributed by atoms with Crippen LogP contribution in [-0.2, 0) is 38.1 Å². The first kappa shape index (κ1) is 37.8. The van der Waals surface area contributed by atoms with Gasteiger partial charge in [-0.1, -0.05) is 77.8 Å². The standard InChI is InChI=1S/C39H35NO10S3/c1-8-50-24-18-19-26-25(20-24)27-32(38(2,3)40(26)33(41)23-16-14-22(15-17-23)21-12-10-9-11-13-21)51-29(35(43)47-5)28(34(42)46-4)39(27)52-30(36(44)48-6)31(53-39)37(45)49-7/h9-20H,8H2,1-7H3. The first-order chi connectivity index (χ1) is 25.4. The van der Waals surface area contributed by atoms with Gasteiger partial charge < -0.3 is 23.7 Å². The summed E-state index contributed by atoms with van der Waals surface area (Å²) < 4.78 is 24.9. The number of nitrogens with zero attached hydrogens (tertiary/aromatic N) is 1. The average molecular weight is 774 g/mol. The molecule has 0 unspecified atom stereocenters. The molecule has 274 valence electrons. The van der Waals surface area contributed by atoms with Gasteiger partial charge >= 0.3 is 23.9 Å². The number of thioether (sulfide) groups is 3. The van der Waals surface area contributed by atoms with Gasteiger partial charge in [0.2, 0.25) is 0 Å². The average Bonchev–Trinajstić information content (AvgIpc) is 3.57. The van der Waals surface area contributed by atoms with Gasteiger partial charge in [0.15, 0.2) is 0 Å². The molecule has 0 atom stereocenters. The molecule has 1 spiro atoms. The number of benzene rings is 3. The predicted octanol–water partition coefficient (Wildman–Crippen LogP) is 6.98. The lowest BCUT2D eigenvalue weighted by atomic mass is 9.83. The van der Waals surface area contributed by atoms with E-state index in [0.717, 1.165) is 46.4 Å². The first-order valence-corrected chi connectivity index (χ1v) is 18.7. The molecular formula is C39H35NO10S3. The Kier molecular flexibility index (Phi) is 10.6. The molecule has 0 saturated carbocycles. The SMILES string of the molecule is CCOc1ccc2c(c1)C1=C(SC(C(=O)OC)=C(C(=O)OC)C13SC(C(=O)OC)=C(C(=O)OC)S3)C(C)(C)N2C(=O)c1ccc(-c2ccccc2)cc1. The highest BCUT2D eigenvalue weighted by Gasteiger charge is 2.62. The number of amides is 1. The van der Waals surface area contributed by atoms with Crippen LogP contribution in [0.1, 0.15) is 36.7 Å². The Hall–Kier alpha value is -4.92. The Labute approximate surface area is 319 Å². The molecule has 3 aliphatic heterocycles. The van der Waals surface area contributed by atoms with Crippen molar-refractivity contribution < 1.29 is 47.7 Å². The van der Waals surface area contributed by atoms with E-state index < -0.39 is 33.5 Å². The Morgan fingerprint density at radius 1 is 0.679 bits per heavy atom. The van der Waals surface area contributed by atoms with Gasteiger partial charge in [-0.25, -0.2) is 19.2 Å². The summed E-state index contributed by atoms with van der Waals surface area (Å²) in [4.78, 5) is 70.9. The van der Waals surface area contributed by atoms with E-state index >= 15 is 0 Å². The number of methoxy groups -OCH3 is 4. The molecule has 14 heteroatoms. The van der Waals surface area contributed by atoms with Crippen molar-refractivity contribution in [2.75, 3.05) is 39.9 Å². The Morgan fingerprint density at radius 3 is 1.77 bits per heavy atom. The monoisotopic (exact) mass is 773 g/mol. The normalized spacial score (nSPS) is 16.8. The molecule has 53 heavy (non-hydrogen) atoms. The van der Waals surface area contributed by atoms with Gasteiger partial charge in [-0.2, -0.15) is 0 Å². The van der Waals surface area contributed by atoms with Crippen molar-refractivity contribution in [3.8, 4) is 16.9 Å². The van der Waals surface area contributed by atoms with Crippen LogP contribution in [0.5, 0.6) is 5.75 Å². The second kappa shape index (κ2) is 14.8. The molecular weight excluding hydrogens is 739 g/mol. The first-order valence-electron chi connectivity index (χ1n) is 16.3. The third-order valence-corrected chi connectivity index (χ3v) is 13.5. The van der Waals surface area contributed by atoms with Crippen molar-refractivity contribution in [1.82, 2.24) is 0 Å². The molecule has 0 aliphatic carbocycles.